The summed E-state index contributed by atoms with van der Waals surface area (Å²) in [4.78, 5) is 35.5. The van der Waals surface area contributed by atoms with Crippen LogP contribution < -0.4 is 10.1 Å². The van der Waals surface area contributed by atoms with Crippen molar-refractivity contribution in [2.24, 2.45) is 5.92 Å². The molecule has 1 fully saturated rings. The third-order valence-electron chi connectivity index (χ3n) is 5.46. The van der Waals surface area contributed by atoms with Crippen LogP contribution in [0.25, 0.3) is 11.1 Å². The molecule has 2 aromatic rings. The lowest BCUT2D eigenvalue weighted by molar-refractivity contribution is -0.386. The number of benzene rings is 2. The molecule has 1 aliphatic rings. The molecular weight excluding hydrogens is 388 g/mol. The molecule has 0 aliphatic heterocycles. The van der Waals surface area contributed by atoms with Crippen molar-refractivity contribution in [3.05, 3.63) is 58.1 Å². The number of carboxylic acid groups (broad SMARTS) is 1. The zero-order valence-corrected chi connectivity index (χ0v) is 16.7. The Kier molecular flexibility index (Phi) is 6.66. The Hall–Kier alpha value is -3.42. The van der Waals surface area contributed by atoms with Gasteiger partial charge in [-0.1, -0.05) is 43.2 Å². The third kappa shape index (κ3) is 4.59. The summed E-state index contributed by atoms with van der Waals surface area (Å²) in [6.45, 7) is 0. The van der Waals surface area contributed by atoms with Crippen molar-refractivity contribution in [2.45, 2.75) is 38.1 Å². The van der Waals surface area contributed by atoms with Gasteiger partial charge in [0, 0.05) is 11.6 Å². The average molecular weight is 412 g/mol. The summed E-state index contributed by atoms with van der Waals surface area (Å²) in [6, 6.07) is 11.8. The first-order valence-electron chi connectivity index (χ1n) is 9.86. The number of hydrogen-bond acceptors (Lipinski definition) is 5. The fraction of sp³-hybridized carbons (Fsp3) is 0.364. The molecule has 2 atom stereocenters. The lowest BCUT2D eigenvalue weighted by atomic mass is 9.97. The summed E-state index contributed by atoms with van der Waals surface area (Å²) in [6.07, 6.45) is 3.11. The minimum absolute atomic E-state index is 0.0168. The Labute approximate surface area is 174 Å². The van der Waals surface area contributed by atoms with Gasteiger partial charge >= 0.3 is 11.7 Å². The number of carboxylic acids is 1. The van der Waals surface area contributed by atoms with Crippen LogP contribution >= 0.6 is 0 Å². The molecule has 0 spiro atoms. The monoisotopic (exact) mass is 412 g/mol. The molecule has 0 radical (unpaired) electrons. The standard InChI is InChI=1S/C22H24N2O6/c1-30-20-17(14-7-3-2-4-8-14)11-12-18(19(20)24(28)29)21(25)23-16-10-6-5-9-15(13-16)22(26)27/h2-4,7-8,11-12,15-16H,5-6,9-10,13H2,1H3,(H,23,25)(H,26,27). The van der Waals surface area contributed by atoms with E-state index in [9.17, 15) is 24.8 Å². The molecular formula is C22H24N2O6. The summed E-state index contributed by atoms with van der Waals surface area (Å²) in [7, 11) is 1.33. The second kappa shape index (κ2) is 9.39. The Bertz CT molecular complexity index is 944. The molecule has 30 heavy (non-hydrogen) atoms. The molecule has 0 heterocycles. The number of nitro benzene ring substituents is 1. The predicted molar refractivity (Wildman–Crippen MR) is 111 cm³/mol. The first-order chi connectivity index (χ1) is 14.4. The number of rotatable bonds is 6. The maximum absolute atomic E-state index is 12.9. The van der Waals surface area contributed by atoms with Crippen LogP contribution in [0.2, 0.25) is 0 Å². The largest absolute Gasteiger partial charge is 0.490 e. The van der Waals surface area contributed by atoms with Gasteiger partial charge in [0.15, 0.2) is 0 Å². The van der Waals surface area contributed by atoms with Crippen LogP contribution in [0.15, 0.2) is 42.5 Å². The van der Waals surface area contributed by atoms with Gasteiger partial charge in [-0.2, -0.15) is 0 Å². The number of nitrogens with zero attached hydrogens (tertiary/aromatic N) is 1. The average Bonchev–Trinajstić information content (AvgIpc) is 2.98. The van der Waals surface area contributed by atoms with Crippen LogP contribution in [0, 0.1) is 16.0 Å². The van der Waals surface area contributed by atoms with Gasteiger partial charge in [-0.05, 0) is 37.0 Å². The fourth-order valence-corrected chi connectivity index (χ4v) is 3.97. The normalized spacial score (nSPS) is 18.8. The first-order valence-corrected chi connectivity index (χ1v) is 9.86. The van der Waals surface area contributed by atoms with E-state index in [2.05, 4.69) is 5.32 Å². The number of amides is 1. The summed E-state index contributed by atoms with van der Waals surface area (Å²) in [5.41, 5.74) is 0.742. The Morgan fingerprint density at radius 2 is 1.83 bits per heavy atom. The molecule has 1 saturated carbocycles. The first kappa shape index (κ1) is 21.3. The number of nitrogens with one attached hydrogen (secondary N) is 1. The number of methoxy groups -OCH3 is 1. The molecule has 2 N–H and O–H groups in total. The molecule has 8 nitrogen and oxygen atoms in total. The van der Waals surface area contributed by atoms with Crippen LogP contribution in [-0.2, 0) is 4.79 Å². The predicted octanol–water partition coefficient (Wildman–Crippen LogP) is 4.03. The maximum atomic E-state index is 12.9. The van der Waals surface area contributed by atoms with Crippen LogP contribution in [0.5, 0.6) is 5.75 Å². The van der Waals surface area contributed by atoms with E-state index in [1.54, 1.807) is 18.2 Å². The molecule has 0 saturated heterocycles. The second-order valence-electron chi connectivity index (χ2n) is 7.39. The van der Waals surface area contributed by atoms with Crippen LogP contribution in [0.3, 0.4) is 0 Å². The van der Waals surface area contributed by atoms with Crippen molar-refractivity contribution in [1.29, 1.82) is 0 Å². The lowest BCUT2D eigenvalue weighted by Gasteiger charge is -2.19. The summed E-state index contributed by atoms with van der Waals surface area (Å²) in [5.74, 6) is -1.99. The SMILES string of the molecule is COc1c(-c2ccccc2)ccc(C(=O)NC2CCCCC(C(=O)O)C2)c1[N+](=O)[O-]. The van der Waals surface area contributed by atoms with E-state index >= 15 is 0 Å². The van der Waals surface area contributed by atoms with Crippen molar-refractivity contribution in [3.63, 3.8) is 0 Å². The zero-order chi connectivity index (χ0) is 21.7. The Morgan fingerprint density at radius 3 is 2.47 bits per heavy atom. The topological polar surface area (TPSA) is 119 Å². The van der Waals surface area contributed by atoms with Crippen LogP contribution in [0.4, 0.5) is 5.69 Å². The number of ether oxygens (including phenoxy) is 1. The number of nitro groups is 1. The van der Waals surface area contributed by atoms with E-state index < -0.39 is 28.4 Å². The highest BCUT2D eigenvalue weighted by Gasteiger charge is 2.31. The fourth-order valence-electron chi connectivity index (χ4n) is 3.97. The van der Waals surface area contributed by atoms with E-state index in [-0.39, 0.29) is 17.4 Å². The third-order valence-corrected chi connectivity index (χ3v) is 5.46. The molecule has 0 bridgehead atoms. The Morgan fingerprint density at radius 1 is 1.13 bits per heavy atom. The highest BCUT2D eigenvalue weighted by molar-refractivity contribution is 6.01. The van der Waals surface area contributed by atoms with Gasteiger partial charge in [0.25, 0.3) is 5.91 Å². The van der Waals surface area contributed by atoms with Gasteiger partial charge < -0.3 is 15.2 Å². The van der Waals surface area contributed by atoms with Gasteiger partial charge in [0.05, 0.1) is 18.0 Å². The lowest BCUT2D eigenvalue weighted by Crippen LogP contribution is -2.37. The molecule has 8 heteroatoms. The maximum Gasteiger partial charge on any atom is 0.324 e. The van der Waals surface area contributed by atoms with Crippen LogP contribution in [0.1, 0.15) is 42.5 Å². The number of carbonyl (C=O) groups is 2. The molecule has 1 aliphatic carbocycles. The van der Waals surface area contributed by atoms with Crippen molar-refractivity contribution in [2.75, 3.05) is 7.11 Å². The number of hydrogen-bond donors (Lipinski definition) is 2. The van der Waals surface area contributed by atoms with Gasteiger partial charge in [-0.25, -0.2) is 0 Å². The van der Waals surface area contributed by atoms with Gasteiger partial charge in [-0.15, -0.1) is 0 Å². The van der Waals surface area contributed by atoms with Gasteiger partial charge in [0.2, 0.25) is 5.75 Å². The second-order valence-corrected chi connectivity index (χ2v) is 7.39. The molecule has 1 amide bonds. The molecule has 2 aromatic carbocycles. The highest BCUT2D eigenvalue weighted by atomic mass is 16.6. The van der Waals surface area contributed by atoms with E-state index in [1.807, 2.05) is 18.2 Å². The highest BCUT2D eigenvalue weighted by Crippen LogP contribution is 2.40. The molecule has 3 rings (SSSR count). The van der Waals surface area contributed by atoms with E-state index in [0.29, 0.717) is 24.8 Å². The van der Waals surface area contributed by atoms with Crippen LogP contribution in [-0.4, -0.2) is 35.1 Å². The summed E-state index contributed by atoms with van der Waals surface area (Å²) < 4.78 is 5.34. The molecule has 0 aromatic heterocycles. The molecule has 158 valence electrons. The van der Waals surface area contributed by atoms with E-state index in [4.69, 9.17) is 4.74 Å². The quantitative estimate of drug-likeness (QED) is 0.420. The smallest absolute Gasteiger partial charge is 0.324 e. The summed E-state index contributed by atoms with van der Waals surface area (Å²) in [5, 5.41) is 24.0. The molecule has 2 unspecified atom stereocenters. The summed E-state index contributed by atoms with van der Waals surface area (Å²) >= 11 is 0. The number of aliphatic carboxylic acids is 1. The minimum Gasteiger partial charge on any atom is -0.490 e. The van der Waals surface area contributed by atoms with Crippen molar-refractivity contribution >= 4 is 17.6 Å². The van der Waals surface area contributed by atoms with E-state index in [0.717, 1.165) is 18.4 Å². The van der Waals surface area contributed by atoms with E-state index in [1.165, 1.54) is 13.2 Å². The minimum atomic E-state index is -0.879. The van der Waals surface area contributed by atoms with Gasteiger partial charge in [-0.3, -0.25) is 19.7 Å². The van der Waals surface area contributed by atoms with Gasteiger partial charge in [0.1, 0.15) is 5.56 Å². The zero-order valence-electron chi connectivity index (χ0n) is 16.7. The number of carbonyl (C=O) groups excluding carboxylic acids is 1. The van der Waals surface area contributed by atoms with Crippen molar-refractivity contribution in [1.82, 2.24) is 5.32 Å². The Balaban J connectivity index is 1.94. The van der Waals surface area contributed by atoms with Crippen molar-refractivity contribution < 1.29 is 24.4 Å². The van der Waals surface area contributed by atoms with Crippen molar-refractivity contribution in [3.8, 4) is 16.9 Å².